The molecule has 1 rings (SSSR count). The number of amidine groups is 1. The molecule has 2 nitrogen and oxygen atoms in total. The summed E-state index contributed by atoms with van der Waals surface area (Å²) in [5, 5.41) is 3.23. The second-order valence-corrected chi connectivity index (χ2v) is 2.59. The van der Waals surface area contributed by atoms with Gasteiger partial charge in [0.2, 0.25) is 0 Å². The summed E-state index contributed by atoms with van der Waals surface area (Å²) < 4.78 is 0. The van der Waals surface area contributed by atoms with E-state index >= 15 is 0 Å². The first-order chi connectivity index (χ1) is 5.33. The van der Waals surface area contributed by atoms with E-state index in [0.29, 0.717) is 0 Å². The Kier molecular flexibility index (Phi) is 2.90. The summed E-state index contributed by atoms with van der Waals surface area (Å²) in [7, 11) is 1.79. The van der Waals surface area contributed by atoms with Crippen molar-refractivity contribution in [3.8, 4) is 0 Å². The molecule has 0 fully saturated rings. The van der Waals surface area contributed by atoms with Crippen LogP contribution in [-0.4, -0.2) is 12.9 Å². The van der Waals surface area contributed by atoms with Gasteiger partial charge < -0.3 is 5.32 Å². The highest BCUT2D eigenvalue weighted by Gasteiger charge is 1.98. The normalized spacial score (nSPS) is 18.0. The highest BCUT2D eigenvalue weighted by Crippen LogP contribution is 2.07. The van der Waals surface area contributed by atoms with E-state index in [4.69, 9.17) is 0 Å². The van der Waals surface area contributed by atoms with Crippen LogP contribution in [0.5, 0.6) is 0 Å². The maximum Gasteiger partial charge on any atom is 0.0969 e. The SMILES string of the molecule is CN=C(C)NC1=CC=CCC1. The average molecular weight is 150 g/mol. The van der Waals surface area contributed by atoms with Crippen molar-refractivity contribution in [3.05, 3.63) is 23.9 Å². The number of allylic oxidation sites excluding steroid dienone is 4. The Morgan fingerprint density at radius 3 is 3.00 bits per heavy atom. The lowest BCUT2D eigenvalue weighted by Crippen LogP contribution is -2.19. The first-order valence-corrected chi connectivity index (χ1v) is 3.89. The van der Waals surface area contributed by atoms with Gasteiger partial charge in [-0.05, 0) is 25.8 Å². The minimum Gasteiger partial charge on any atom is -0.348 e. The van der Waals surface area contributed by atoms with Crippen molar-refractivity contribution in [2.24, 2.45) is 4.99 Å². The van der Waals surface area contributed by atoms with Gasteiger partial charge in [-0.3, -0.25) is 4.99 Å². The molecule has 0 aromatic rings. The molecule has 0 saturated carbocycles. The summed E-state index contributed by atoms with van der Waals surface area (Å²) in [5.74, 6) is 0.978. The Labute approximate surface area is 67.7 Å². The van der Waals surface area contributed by atoms with Gasteiger partial charge in [-0.15, -0.1) is 0 Å². The fraction of sp³-hybridized carbons (Fsp3) is 0.444. The Morgan fingerprint density at radius 1 is 1.64 bits per heavy atom. The molecule has 0 bridgehead atoms. The zero-order valence-electron chi connectivity index (χ0n) is 7.09. The van der Waals surface area contributed by atoms with E-state index in [1.807, 2.05) is 6.92 Å². The maximum absolute atomic E-state index is 4.02. The van der Waals surface area contributed by atoms with Crippen LogP contribution in [0.4, 0.5) is 0 Å². The lowest BCUT2D eigenvalue weighted by Gasteiger charge is -2.10. The maximum atomic E-state index is 4.02. The number of nitrogens with one attached hydrogen (secondary N) is 1. The quantitative estimate of drug-likeness (QED) is 0.448. The number of aliphatic imine (C=N–C) groups is 1. The van der Waals surface area contributed by atoms with Gasteiger partial charge in [0.1, 0.15) is 0 Å². The van der Waals surface area contributed by atoms with Crippen molar-refractivity contribution in [1.82, 2.24) is 5.32 Å². The third-order valence-electron chi connectivity index (χ3n) is 1.69. The number of nitrogens with zero attached hydrogens (tertiary/aromatic N) is 1. The standard InChI is InChI=1S/C9H14N2/c1-8(10-2)11-9-6-4-3-5-7-9/h3-4,6H,5,7H2,1-2H3,(H,10,11). The highest BCUT2D eigenvalue weighted by molar-refractivity contribution is 5.81. The van der Waals surface area contributed by atoms with Crippen LogP contribution in [0.3, 0.4) is 0 Å². The summed E-state index contributed by atoms with van der Waals surface area (Å²) in [6, 6.07) is 0. The van der Waals surface area contributed by atoms with Crippen molar-refractivity contribution in [1.29, 1.82) is 0 Å². The molecule has 0 radical (unpaired) electrons. The molecule has 0 spiro atoms. The molecule has 0 atom stereocenters. The molecule has 0 aromatic carbocycles. The zero-order chi connectivity index (χ0) is 8.10. The van der Waals surface area contributed by atoms with Crippen molar-refractivity contribution in [2.75, 3.05) is 7.05 Å². The Balaban J connectivity index is 2.48. The van der Waals surface area contributed by atoms with Crippen LogP contribution in [0.1, 0.15) is 19.8 Å². The van der Waals surface area contributed by atoms with Crippen LogP contribution in [0.15, 0.2) is 28.9 Å². The summed E-state index contributed by atoms with van der Waals surface area (Å²) in [5.41, 5.74) is 1.26. The monoisotopic (exact) mass is 150 g/mol. The zero-order valence-corrected chi connectivity index (χ0v) is 7.09. The van der Waals surface area contributed by atoms with E-state index < -0.39 is 0 Å². The van der Waals surface area contributed by atoms with Crippen LogP contribution >= 0.6 is 0 Å². The Hall–Kier alpha value is -1.05. The predicted molar refractivity (Wildman–Crippen MR) is 48.6 cm³/mol. The van der Waals surface area contributed by atoms with Crippen molar-refractivity contribution in [3.63, 3.8) is 0 Å². The number of rotatable bonds is 1. The predicted octanol–water partition coefficient (Wildman–Crippen LogP) is 1.86. The van der Waals surface area contributed by atoms with Gasteiger partial charge in [-0.2, -0.15) is 0 Å². The lowest BCUT2D eigenvalue weighted by atomic mass is 10.1. The fourth-order valence-electron chi connectivity index (χ4n) is 0.995. The summed E-state index contributed by atoms with van der Waals surface area (Å²) in [6.45, 7) is 1.97. The molecule has 1 N–H and O–H groups in total. The molecule has 0 aliphatic heterocycles. The molecule has 0 saturated heterocycles. The van der Waals surface area contributed by atoms with Crippen LogP contribution in [-0.2, 0) is 0 Å². The molecule has 1 aliphatic carbocycles. The summed E-state index contributed by atoms with van der Waals surface area (Å²) >= 11 is 0. The largest absolute Gasteiger partial charge is 0.348 e. The fourth-order valence-corrected chi connectivity index (χ4v) is 0.995. The second kappa shape index (κ2) is 3.96. The third kappa shape index (κ3) is 2.58. The van der Waals surface area contributed by atoms with Crippen LogP contribution in [0.25, 0.3) is 0 Å². The average Bonchev–Trinajstić information content (AvgIpc) is 2.06. The molecule has 1 aliphatic rings. The Morgan fingerprint density at radius 2 is 2.45 bits per heavy atom. The van der Waals surface area contributed by atoms with Crippen molar-refractivity contribution >= 4 is 5.84 Å². The molecule has 11 heavy (non-hydrogen) atoms. The first kappa shape index (κ1) is 8.05. The van der Waals surface area contributed by atoms with Gasteiger partial charge in [0.05, 0.1) is 5.84 Å². The van der Waals surface area contributed by atoms with Crippen molar-refractivity contribution in [2.45, 2.75) is 19.8 Å². The topological polar surface area (TPSA) is 24.4 Å². The minimum absolute atomic E-state index is 0.978. The molecule has 60 valence electrons. The van der Waals surface area contributed by atoms with Gasteiger partial charge in [0, 0.05) is 12.7 Å². The number of hydrogen-bond donors (Lipinski definition) is 1. The highest BCUT2D eigenvalue weighted by atomic mass is 15.0. The van der Waals surface area contributed by atoms with Crippen LogP contribution < -0.4 is 5.32 Å². The van der Waals surface area contributed by atoms with Crippen molar-refractivity contribution < 1.29 is 0 Å². The van der Waals surface area contributed by atoms with Gasteiger partial charge >= 0.3 is 0 Å². The van der Waals surface area contributed by atoms with E-state index in [1.54, 1.807) is 7.05 Å². The molecule has 0 amide bonds. The van der Waals surface area contributed by atoms with E-state index in [1.165, 1.54) is 5.70 Å². The molecule has 0 aromatic heterocycles. The van der Waals surface area contributed by atoms with Crippen LogP contribution in [0, 0.1) is 0 Å². The lowest BCUT2D eigenvalue weighted by molar-refractivity contribution is 0.887. The third-order valence-corrected chi connectivity index (χ3v) is 1.69. The van der Waals surface area contributed by atoms with E-state index in [9.17, 15) is 0 Å². The van der Waals surface area contributed by atoms with Gasteiger partial charge in [0.25, 0.3) is 0 Å². The molecule has 0 unspecified atom stereocenters. The molecular formula is C9H14N2. The summed E-state index contributed by atoms with van der Waals surface area (Å²) in [4.78, 5) is 4.02. The van der Waals surface area contributed by atoms with E-state index in [2.05, 4.69) is 28.5 Å². The van der Waals surface area contributed by atoms with E-state index in [0.717, 1.165) is 18.7 Å². The Bertz CT molecular complexity index is 212. The first-order valence-electron chi connectivity index (χ1n) is 3.89. The second-order valence-electron chi connectivity index (χ2n) is 2.59. The summed E-state index contributed by atoms with van der Waals surface area (Å²) in [6.07, 6.45) is 8.58. The minimum atomic E-state index is 0.978. The molecular weight excluding hydrogens is 136 g/mol. The van der Waals surface area contributed by atoms with E-state index in [-0.39, 0.29) is 0 Å². The van der Waals surface area contributed by atoms with Gasteiger partial charge in [-0.25, -0.2) is 0 Å². The van der Waals surface area contributed by atoms with Gasteiger partial charge in [-0.1, -0.05) is 12.2 Å². The number of hydrogen-bond acceptors (Lipinski definition) is 1. The smallest absolute Gasteiger partial charge is 0.0969 e. The van der Waals surface area contributed by atoms with Crippen LogP contribution in [0.2, 0.25) is 0 Å². The molecule has 2 heteroatoms. The van der Waals surface area contributed by atoms with Gasteiger partial charge in [0.15, 0.2) is 0 Å². The molecule has 0 heterocycles.